The zero-order valence-electron chi connectivity index (χ0n) is 13.5. The number of ether oxygens (including phenoxy) is 1. The molecule has 0 bridgehead atoms. The van der Waals surface area contributed by atoms with E-state index >= 15 is 0 Å². The lowest BCUT2D eigenvalue weighted by Crippen LogP contribution is -2.17. The fraction of sp³-hybridized carbons (Fsp3) is 0.188. The number of hydrogen-bond donors (Lipinski definition) is 1. The molecule has 2 rings (SSSR count). The van der Waals surface area contributed by atoms with Gasteiger partial charge in [0.15, 0.2) is 0 Å². The normalized spacial score (nSPS) is 10.2. The zero-order chi connectivity index (χ0) is 18.6. The van der Waals surface area contributed by atoms with Gasteiger partial charge in [-0.25, -0.2) is 0 Å². The van der Waals surface area contributed by atoms with Crippen molar-refractivity contribution in [3.05, 3.63) is 67.8 Å². The van der Waals surface area contributed by atoms with Crippen molar-refractivity contribution < 1.29 is 19.4 Å². The van der Waals surface area contributed by atoms with E-state index in [1.807, 2.05) is 6.92 Å². The third-order valence-electron chi connectivity index (χ3n) is 3.49. The molecule has 9 nitrogen and oxygen atoms in total. The van der Waals surface area contributed by atoms with Crippen LogP contribution in [0.15, 0.2) is 36.4 Å². The second-order valence-electron chi connectivity index (χ2n) is 5.03. The molecule has 25 heavy (non-hydrogen) atoms. The van der Waals surface area contributed by atoms with E-state index in [2.05, 4.69) is 5.32 Å². The number of nitrogens with zero attached hydrogens (tertiary/aromatic N) is 2. The van der Waals surface area contributed by atoms with Crippen molar-refractivity contribution in [2.75, 3.05) is 7.05 Å². The summed E-state index contributed by atoms with van der Waals surface area (Å²) in [6, 6.07) is 8.04. The van der Waals surface area contributed by atoms with Gasteiger partial charge in [0.2, 0.25) is 11.5 Å². The van der Waals surface area contributed by atoms with E-state index in [0.717, 1.165) is 11.6 Å². The number of carbonyl (C=O) groups excluding carboxylic acids is 1. The number of nitro benzene ring substituents is 2. The van der Waals surface area contributed by atoms with Crippen molar-refractivity contribution in [3.63, 3.8) is 0 Å². The molecule has 130 valence electrons. The number of amides is 1. The SMILES string of the molecule is CCc1ccc(Oc2ccc(C(=O)NC)cc2[N+](=O)[O-])c([N+](=O)[O-])c1. The van der Waals surface area contributed by atoms with Crippen LogP contribution in [0.1, 0.15) is 22.8 Å². The van der Waals surface area contributed by atoms with Gasteiger partial charge < -0.3 is 10.1 Å². The molecule has 0 unspecified atom stereocenters. The van der Waals surface area contributed by atoms with Gasteiger partial charge in [-0.05, 0) is 30.2 Å². The Balaban J connectivity index is 2.48. The van der Waals surface area contributed by atoms with Crippen molar-refractivity contribution in [1.82, 2.24) is 5.32 Å². The molecule has 0 aliphatic rings. The summed E-state index contributed by atoms with van der Waals surface area (Å²) in [6.07, 6.45) is 0.599. The van der Waals surface area contributed by atoms with E-state index in [1.165, 1.54) is 31.3 Å². The Morgan fingerprint density at radius 3 is 2.12 bits per heavy atom. The van der Waals surface area contributed by atoms with Crippen LogP contribution in [-0.2, 0) is 6.42 Å². The third-order valence-corrected chi connectivity index (χ3v) is 3.49. The first-order valence-corrected chi connectivity index (χ1v) is 7.33. The molecule has 0 aliphatic carbocycles. The largest absolute Gasteiger partial charge is 0.443 e. The van der Waals surface area contributed by atoms with Crippen molar-refractivity contribution in [1.29, 1.82) is 0 Å². The minimum absolute atomic E-state index is 0.0809. The lowest BCUT2D eigenvalue weighted by atomic mass is 10.1. The highest BCUT2D eigenvalue weighted by molar-refractivity contribution is 5.95. The summed E-state index contributed by atoms with van der Waals surface area (Å²) in [4.78, 5) is 32.8. The molecule has 0 saturated heterocycles. The average molecular weight is 345 g/mol. The number of nitrogens with one attached hydrogen (secondary N) is 1. The Labute approximate surface area is 142 Å². The smallest absolute Gasteiger partial charge is 0.312 e. The summed E-state index contributed by atoms with van der Waals surface area (Å²) >= 11 is 0. The fourth-order valence-electron chi connectivity index (χ4n) is 2.16. The van der Waals surface area contributed by atoms with E-state index in [4.69, 9.17) is 4.74 Å². The molecule has 0 aromatic heterocycles. The predicted octanol–water partition coefficient (Wildman–Crippen LogP) is 3.22. The fourth-order valence-corrected chi connectivity index (χ4v) is 2.16. The van der Waals surface area contributed by atoms with Gasteiger partial charge in [-0.2, -0.15) is 0 Å². The first-order chi connectivity index (χ1) is 11.9. The highest BCUT2D eigenvalue weighted by atomic mass is 16.6. The maximum absolute atomic E-state index is 11.6. The number of rotatable bonds is 6. The Morgan fingerprint density at radius 2 is 1.60 bits per heavy atom. The van der Waals surface area contributed by atoms with Crippen LogP contribution in [0.25, 0.3) is 0 Å². The quantitative estimate of drug-likeness (QED) is 0.633. The molecule has 9 heteroatoms. The summed E-state index contributed by atoms with van der Waals surface area (Å²) in [5.74, 6) is -0.795. The maximum atomic E-state index is 11.6. The molecule has 0 aliphatic heterocycles. The molecule has 1 amide bonds. The Hall–Kier alpha value is -3.49. The molecule has 1 N–H and O–H groups in total. The third kappa shape index (κ3) is 3.89. The van der Waals surface area contributed by atoms with Crippen LogP contribution in [-0.4, -0.2) is 22.8 Å². The van der Waals surface area contributed by atoms with Crippen LogP contribution >= 0.6 is 0 Å². The monoisotopic (exact) mass is 345 g/mol. The summed E-state index contributed by atoms with van der Waals surface area (Å²) in [7, 11) is 1.40. The highest BCUT2D eigenvalue weighted by Crippen LogP contribution is 2.37. The summed E-state index contributed by atoms with van der Waals surface area (Å²) in [5, 5.41) is 24.8. The van der Waals surface area contributed by atoms with Crippen LogP contribution in [0.4, 0.5) is 11.4 Å². The van der Waals surface area contributed by atoms with Crippen LogP contribution < -0.4 is 10.1 Å². The molecule has 0 fully saturated rings. The molecule has 0 spiro atoms. The Morgan fingerprint density at radius 1 is 1.04 bits per heavy atom. The van der Waals surface area contributed by atoms with Gasteiger partial charge in [-0.15, -0.1) is 0 Å². The van der Waals surface area contributed by atoms with Crippen molar-refractivity contribution >= 4 is 17.3 Å². The van der Waals surface area contributed by atoms with Crippen molar-refractivity contribution in [2.45, 2.75) is 13.3 Å². The lowest BCUT2D eigenvalue weighted by molar-refractivity contribution is -0.387. The lowest BCUT2D eigenvalue weighted by Gasteiger charge is -2.09. The summed E-state index contributed by atoms with van der Waals surface area (Å²) in [5.41, 5.74) is 0.0693. The number of hydrogen-bond acceptors (Lipinski definition) is 6. The predicted molar refractivity (Wildman–Crippen MR) is 89.0 cm³/mol. The maximum Gasteiger partial charge on any atom is 0.312 e. The van der Waals surface area contributed by atoms with E-state index in [-0.39, 0.29) is 22.7 Å². The molecule has 0 heterocycles. The minimum atomic E-state index is -0.714. The number of aryl methyl sites for hydroxylation is 1. The van der Waals surface area contributed by atoms with E-state index in [0.29, 0.717) is 6.42 Å². The number of carbonyl (C=O) groups is 1. The minimum Gasteiger partial charge on any atom is -0.443 e. The van der Waals surface area contributed by atoms with E-state index in [1.54, 1.807) is 6.07 Å². The van der Waals surface area contributed by atoms with Gasteiger partial charge >= 0.3 is 11.4 Å². The topological polar surface area (TPSA) is 125 Å². The summed E-state index contributed by atoms with van der Waals surface area (Å²) < 4.78 is 5.42. The zero-order valence-corrected chi connectivity index (χ0v) is 13.5. The van der Waals surface area contributed by atoms with Crippen molar-refractivity contribution in [3.8, 4) is 11.5 Å². The van der Waals surface area contributed by atoms with Gasteiger partial charge in [0, 0.05) is 24.7 Å². The first-order valence-electron chi connectivity index (χ1n) is 7.33. The first kappa shape index (κ1) is 17.9. The Bertz CT molecular complexity index is 850. The Kier molecular flexibility index (Phi) is 5.28. The molecule has 2 aromatic rings. The van der Waals surface area contributed by atoms with E-state index < -0.39 is 21.4 Å². The second kappa shape index (κ2) is 7.39. The standard InChI is InChI=1S/C16H15N3O6/c1-3-10-4-6-14(12(8-10)18(21)22)25-15-7-5-11(16(20)17-2)9-13(15)19(23)24/h4-9H,3H2,1-2H3,(H,17,20). The van der Waals surface area contributed by atoms with Crippen molar-refractivity contribution in [2.24, 2.45) is 0 Å². The molecular formula is C16H15N3O6. The summed E-state index contributed by atoms with van der Waals surface area (Å²) in [6.45, 7) is 1.85. The van der Waals surface area contributed by atoms with Crippen LogP contribution in [0.5, 0.6) is 11.5 Å². The van der Waals surface area contributed by atoms with Gasteiger partial charge in [-0.1, -0.05) is 13.0 Å². The molecule has 2 aromatic carbocycles. The van der Waals surface area contributed by atoms with Gasteiger partial charge in [0.1, 0.15) is 0 Å². The number of benzene rings is 2. The molecular weight excluding hydrogens is 330 g/mol. The van der Waals surface area contributed by atoms with E-state index in [9.17, 15) is 25.0 Å². The molecule has 0 radical (unpaired) electrons. The molecule has 0 atom stereocenters. The van der Waals surface area contributed by atoms with Crippen LogP contribution in [0.3, 0.4) is 0 Å². The van der Waals surface area contributed by atoms with Crippen LogP contribution in [0.2, 0.25) is 0 Å². The van der Waals surface area contributed by atoms with Gasteiger partial charge in [0.25, 0.3) is 5.91 Å². The van der Waals surface area contributed by atoms with Crippen LogP contribution in [0, 0.1) is 20.2 Å². The average Bonchev–Trinajstić information content (AvgIpc) is 2.61. The van der Waals surface area contributed by atoms with Gasteiger partial charge in [-0.3, -0.25) is 25.0 Å². The molecule has 0 saturated carbocycles. The second-order valence-corrected chi connectivity index (χ2v) is 5.03. The number of nitro groups is 2. The highest BCUT2D eigenvalue weighted by Gasteiger charge is 2.23. The van der Waals surface area contributed by atoms with Gasteiger partial charge in [0.05, 0.1) is 9.85 Å².